The Morgan fingerprint density at radius 3 is 2.65 bits per heavy atom. The molecule has 1 aliphatic carbocycles. The summed E-state index contributed by atoms with van der Waals surface area (Å²) >= 11 is 0. The van der Waals surface area contributed by atoms with E-state index in [4.69, 9.17) is 4.74 Å². The first-order valence-corrected chi connectivity index (χ1v) is 7.72. The average molecular weight is 282 g/mol. The highest BCUT2D eigenvalue weighted by molar-refractivity contribution is 5.90. The lowest BCUT2D eigenvalue weighted by Crippen LogP contribution is -2.50. The quantitative estimate of drug-likeness (QED) is 0.846. The van der Waals surface area contributed by atoms with E-state index in [9.17, 15) is 9.59 Å². The van der Waals surface area contributed by atoms with Gasteiger partial charge in [0, 0.05) is 26.6 Å². The van der Waals surface area contributed by atoms with Gasteiger partial charge in [-0.25, -0.2) is 0 Å². The maximum absolute atomic E-state index is 12.7. The summed E-state index contributed by atoms with van der Waals surface area (Å²) in [5.74, 6) is 0.381. The molecule has 2 rings (SSSR count). The Morgan fingerprint density at radius 1 is 1.30 bits per heavy atom. The van der Waals surface area contributed by atoms with Crippen molar-refractivity contribution < 1.29 is 14.3 Å². The lowest BCUT2D eigenvalue weighted by molar-refractivity contribution is -0.136. The van der Waals surface area contributed by atoms with Crippen molar-refractivity contribution in [2.45, 2.75) is 57.6 Å². The Morgan fingerprint density at radius 2 is 2.00 bits per heavy atom. The Kier molecular flexibility index (Phi) is 5.40. The summed E-state index contributed by atoms with van der Waals surface area (Å²) in [6.45, 7) is 3.01. The fraction of sp³-hybridized carbons (Fsp3) is 0.867. The molecule has 0 aromatic heterocycles. The average Bonchev–Trinajstić information content (AvgIpc) is 2.61. The van der Waals surface area contributed by atoms with Gasteiger partial charge < -0.3 is 15.0 Å². The molecule has 0 aromatic rings. The zero-order valence-corrected chi connectivity index (χ0v) is 12.6. The van der Waals surface area contributed by atoms with Gasteiger partial charge in [0.1, 0.15) is 6.04 Å². The molecule has 2 aliphatic rings. The standard InChI is InChI=1S/C15H26N2O3/c1-11(20-2)10-17-9-8-13(18)16-14(15(17)19)12-6-4-3-5-7-12/h11-12,14H,3-10H2,1-2H3,(H,16,18). The van der Waals surface area contributed by atoms with E-state index >= 15 is 0 Å². The van der Waals surface area contributed by atoms with Crippen LogP contribution in [-0.2, 0) is 14.3 Å². The molecule has 2 atom stereocenters. The van der Waals surface area contributed by atoms with Gasteiger partial charge in [-0.1, -0.05) is 19.3 Å². The van der Waals surface area contributed by atoms with E-state index in [1.54, 1.807) is 12.0 Å². The van der Waals surface area contributed by atoms with Crippen molar-refractivity contribution in [3.63, 3.8) is 0 Å². The molecule has 1 aliphatic heterocycles. The molecule has 2 fully saturated rings. The summed E-state index contributed by atoms with van der Waals surface area (Å²) in [4.78, 5) is 26.4. The number of nitrogens with zero attached hydrogens (tertiary/aromatic N) is 1. The Hall–Kier alpha value is -1.10. The summed E-state index contributed by atoms with van der Waals surface area (Å²) in [5, 5.41) is 2.95. The molecule has 5 heteroatoms. The van der Waals surface area contributed by atoms with Gasteiger partial charge >= 0.3 is 0 Å². The zero-order valence-electron chi connectivity index (χ0n) is 12.6. The second-order valence-corrected chi connectivity index (χ2v) is 6.02. The molecule has 1 N–H and O–H groups in total. The van der Waals surface area contributed by atoms with Crippen LogP contribution >= 0.6 is 0 Å². The van der Waals surface area contributed by atoms with Gasteiger partial charge in [-0.15, -0.1) is 0 Å². The zero-order chi connectivity index (χ0) is 14.5. The van der Waals surface area contributed by atoms with Crippen LogP contribution in [0.15, 0.2) is 0 Å². The molecular formula is C15H26N2O3. The van der Waals surface area contributed by atoms with Crippen LogP contribution in [0, 0.1) is 5.92 Å². The van der Waals surface area contributed by atoms with Crippen molar-refractivity contribution in [3.05, 3.63) is 0 Å². The molecule has 2 unspecified atom stereocenters. The fourth-order valence-electron chi connectivity index (χ4n) is 3.20. The third-order valence-corrected chi connectivity index (χ3v) is 4.50. The summed E-state index contributed by atoms with van der Waals surface area (Å²) in [7, 11) is 1.65. The summed E-state index contributed by atoms with van der Waals surface area (Å²) < 4.78 is 5.25. The predicted octanol–water partition coefficient (Wildman–Crippen LogP) is 1.32. The van der Waals surface area contributed by atoms with Crippen LogP contribution < -0.4 is 5.32 Å². The smallest absolute Gasteiger partial charge is 0.245 e. The Bertz CT molecular complexity index is 353. The molecular weight excluding hydrogens is 256 g/mol. The van der Waals surface area contributed by atoms with E-state index in [0.29, 0.717) is 25.4 Å². The fourth-order valence-corrected chi connectivity index (χ4v) is 3.20. The maximum atomic E-state index is 12.7. The van der Waals surface area contributed by atoms with Gasteiger partial charge in [-0.2, -0.15) is 0 Å². The number of carbonyl (C=O) groups is 2. The highest BCUT2D eigenvalue weighted by Gasteiger charge is 2.36. The first-order valence-electron chi connectivity index (χ1n) is 7.72. The number of hydrogen-bond donors (Lipinski definition) is 1. The minimum atomic E-state index is -0.325. The number of nitrogens with one attached hydrogen (secondary N) is 1. The topological polar surface area (TPSA) is 58.6 Å². The van der Waals surface area contributed by atoms with Crippen molar-refractivity contribution >= 4 is 11.8 Å². The highest BCUT2D eigenvalue weighted by Crippen LogP contribution is 2.28. The van der Waals surface area contributed by atoms with Crippen LogP contribution in [0.25, 0.3) is 0 Å². The highest BCUT2D eigenvalue weighted by atomic mass is 16.5. The van der Waals surface area contributed by atoms with E-state index < -0.39 is 0 Å². The normalized spacial score (nSPS) is 27.1. The van der Waals surface area contributed by atoms with Gasteiger partial charge in [0.25, 0.3) is 0 Å². The molecule has 0 bridgehead atoms. The minimum Gasteiger partial charge on any atom is -0.380 e. The monoisotopic (exact) mass is 282 g/mol. The van der Waals surface area contributed by atoms with Crippen LogP contribution in [-0.4, -0.2) is 49.1 Å². The molecule has 0 aromatic carbocycles. The number of ether oxygens (including phenoxy) is 1. The molecule has 0 spiro atoms. The number of hydrogen-bond acceptors (Lipinski definition) is 3. The van der Waals surface area contributed by atoms with E-state index in [2.05, 4.69) is 5.32 Å². The van der Waals surface area contributed by atoms with Crippen LogP contribution in [0.3, 0.4) is 0 Å². The van der Waals surface area contributed by atoms with Gasteiger partial charge in [0.05, 0.1) is 6.10 Å². The second kappa shape index (κ2) is 7.07. The molecule has 5 nitrogen and oxygen atoms in total. The number of carbonyl (C=O) groups excluding carboxylic acids is 2. The largest absolute Gasteiger partial charge is 0.380 e. The second-order valence-electron chi connectivity index (χ2n) is 6.02. The molecule has 0 radical (unpaired) electrons. The SMILES string of the molecule is COC(C)CN1CCC(=O)NC(C2CCCCC2)C1=O. The third kappa shape index (κ3) is 3.72. The van der Waals surface area contributed by atoms with Crippen LogP contribution in [0.2, 0.25) is 0 Å². The lowest BCUT2D eigenvalue weighted by atomic mass is 9.83. The molecule has 2 amide bonds. The van der Waals surface area contributed by atoms with Gasteiger partial charge in [-0.05, 0) is 25.7 Å². The summed E-state index contributed by atoms with van der Waals surface area (Å²) in [6, 6.07) is -0.325. The van der Waals surface area contributed by atoms with Crippen LogP contribution in [0.5, 0.6) is 0 Å². The molecule has 20 heavy (non-hydrogen) atoms. The predicted molar refractivity (Wildman–Crippen MR) is 76.2 cm³/mol. The molecule has 1 heterocycles. The minimum absolute atomic E-state index is 0.000780. The van der Waals surface area contributed by atoms with Crippen LogP contribution in [0.1, 0.15) is 45.4 Å². The summed E-state index contributed by atoms with van der Waals surface area (Å²) in [6.07, 6.45) is 6.06. The van der Waals surface area contributed by atoms with Crippen molar-refractivity contribution in [1.82, 2.24) is 10.2 Å². The Labute approximate surface area is 121 Å². The van der Waals surface area contributed by atoms with Gasteiger partial charge in [-0.3, -0.25) is 9.59 Å². The van der Waals surface area contributed by atoms with Crippen molar-refractivity contribution in [2.24, 2.45) is 5.92 Å². The number of amides is 2. The van der Waals surface area contributed by atoms with Crippen LogP contribution in [0.4, 0.5) is 0 Å². The van der Waals surface area contributed by atoms with E-state index in [1.165, 1.54) is 19.3 Å². The van der Waals surface area contributed by atoms with E-state index in [-0.39, 0.29) is 24.0 Å². The van der Waals surface area contributed by atoms with E-state index in [1.807, 2.05) is 6.92 Å². The molecule has 1 saturated heterocycles. The van der Waals surface area contributed by atoms with Crippen molar-refractivity contribution in [2.75, 3.05) is 20.2 Å². The summed E-state index contributed by atoms with van der Waals surface area (Å²) in [5.41, 5.74) is 0. The van der Waals surface area contributed by atoms with Gasteiger partial charge in [0.15, 0.2) is 0 Å². The van der Waals surface area contributed by atoms with Gasteiger partial charge in [0.2, 0.25) is 11.8 Å². The first-order chi connectivity index (χ1) is 9.61. The maximum Gasteiger partial charge on any atom is 0.245 e. The Balaban J connectivity index is 2.07. The third-order valence-electron chi connectivity index (χ3n) is 4.50. The molecule has 114 valence electrons. The van der Waals surface area contributed by atoms with Crippen molar-refractivity contribution in [3.8, 4) is 0 Å². The number of rotatable bonds is 4. The van der Waals surface area contributed by atoms with Crippen molar-refractivity contribution in [1.29, 1.82) is 0 Å². The first kappa shape index (κ1) is 15.3. The number of methoxy groups -OCH3 is 1. The molecule has 1 saturated carbocycles. The lowest BCUT2D eigenvalue weighted by Gasteiger charge is -2.32. The van der Waals surface area contributed by atoms with E-state index in [0.717, 1.165) is 12.8 Å².